The van der Waals surface area contributed by atoms with Crippen molar-refractivity contribution in [2.75, 3.05) is 7.11 Å². The third kappa shape index (κ3) is 3.92. The topological polar surface area (TPSA) is 58.6 Å². The molecule has 1 rings (SSSR count). The average molecular weight is 242 g/mol. The molecule has 0 heterocycles. The number of carboxylic acid groups (broad SMARTS) is 1. The van der Waals surface area contributed by atoms with Crippen molar-refractivity contribution in [3.05, 3.63) is 40.9 Å². The van der Waals surface area contributed by atoms with Gasteiger partial charge in [0, 0.05) is 10.6 Å². The number of carbonyl (C=O) groups is 1. The van der Waals surface area contributed by atoms with Crippen LogP contribution in [0.5, 0.6) is 0 Å². The predicted octanol–water partition coefficient (Wildman–Crippen LogP) is 2.31. The molecule has 0 spiro atoms. The van der Waals surface area contributed by atoms with E-state index in [0.29, 0.717) is 10.7 Å². The van der Waals surface area contributed by atoms with E-state index in [1.165, 1.54) is 13.2 Å². The molecular weight excluding hydrogens is 230 g/mol. The van der Waals surface area contributed by atoms with E-state index in [0.717, 1.165) is 5.56 Å². The first-order valence-electron chi connectivity index (χ1n) is 4.60. The summed E-state index contributed by atoms with van der Waals surface area (Å²) in [5.41, 5.74) is 3.97. The van der Waals surface area contributed by atoms with E-state index in [9.17, 15) is 4.79 Å². The molecule has 86 valence electrons. The molecule has 0 fully saturated rings. The van der Waals surface area contributed by atoms with E-state index in [4.69, 9.17) is 21.5 Å². The number of rotatable bonds is 5. The number of hydroxylamine groups is 1. The average Bonchev–Trinajstić information content (AvgIpc) is 2.24. The fraction of sp³-hybridized carbons (Fsp3) is 0.182. The summed E-state index contributed by atoms with van der Waals surface area (Å²) in [6.07, 6.45) is 1.44. The van der Waals surface area contributed by atoms with E-state index < -0.39 is 5.97 Å². The number of hydrogen-bond acceptors (Lipinski definition) is 3. The molecule has 0 atom stereocenters. The summed E-state index contributed by atoms with van der Waals surface area (Å²) in [6.45, 7) is 0. The molecule has 0 aliphatic carbocycles. The van der Waals surface area contributed by atoms with Crippen molar-refractivity contribution in [1.82, 2.24) is 5.48 Å². The first-order valence-corrected chi connectivity index (χ1v) is 4.98. The monoisotopic (exact) mass is 241 g/mol. The minimum Gasteiger partial charge on any atom is -0.481 e. The van der Waals surface area contributed by atoms with Crippen LogP contribution in [0.4, 0.5) is 0 Å². The smallest absolute Gasteiger partial charge is 0.307 e. The SMILES string of the molecule is CON/C(=C\CC(=O)O)c1cccc(Cl)c1. The van der Waals surface area contributed by atoms with Crippen molar-refractivity contribution in [2.45, 2.75) is 6.42 Å². The Bertz CT molecular complexity index is 404. The fourth-order valence-corrected chi connectivity index (χ4v) is 1.36. The quantitative estimate of drug-likeness (QED) is 0.777. The first-order chi connectivity index (χ1) is 7.63. The van der Waals surface area contributed by atoms with Crippen molar-refractivity contribution >= 4 is 23.3 Å². The van der Waals surface area contributed by atoms with Crippen molar-refractivity contribution in [3.8, 4) is 0 Å². The summed E-state index contributed by atoms with van der Waals surface area (Å²) in [5, 5.41) is 9.17. The molecule has 0 saturated heterocycles. The highest BCUT2D eigenvalue weighted by Gasteiger charge is 2.03. The maximum atomic E-state index is 10.5. The maximum Gasteiger partial charge on any atom is 0.307 e. The van der Waals surface area contributed by atoms with Gasteiger partial charge in [0.2, 0.25) is 0 Å². The van der Waals surface area contributed by atoms with Gasteiger partial charge in [0.05, 0.1) is 19.2 Å². The summed E-state index contributed by atoms with van der Waals surface area (Å²) in [5.74, 6) is -0.905. The van der Waals surface area contributed by atoms with Gasteiger partial charge in [-0.3, -0.25) is 15.1 Å². The molecule has 0 bridgehead atoms. The van der Waals surface area contributed by atoms with Gasteiger partial charge in [-0.25, -0.2) is 0 Å². The molecule has 0 unspecified atom stereocenters. The van der Waals surface area contributed by atoms with Crippen molar-refractivity contribution in [2.24, 2.45) is 0 Å². The standard InChI is InChI=1S/C11H12ClNO3/c1-16-13-10(5-6-11(14)15)8-3-2-4-9(12)7-8/h2-5,7,13H,6H2,1H3,(H,14,15)/b10-5-. The van der Waals surface area contributed by atoms with E-state index in [2.05, 4.69) is 5.48 Å². The minimum atomic E-state index is -0.905. The lowest BCUT2D eigenvalue weighted by Crippen LogP contribution is -2.10. The lowest BCUT2D eigenvalue weighted by Gasteiger charge is -2.08. The minimum absolute atomic E-state index is 0.0851. The molecule has 0 aromatic heterocycles. The third-order valence-corrected chi connectivity index (χ3v) is 2.06. The van der Waals surface area contributed by atoms with E-state index >= 15 is 0 Å². The fourth-order valence-electron chi connectivity index (χ4n) is 1.17. The first kappa shape index (κ1) is 12.5. The van der Waals surface area contributed by atoms with Crippen LogP contribution >= 0.6 is 11.6 Å². The summed E-state index contributed by atoms with van der Waals surface area (Å²) >= 11 is 5.84. The van der Waals surface area contributed by atoms with Crippen molar-refractivity contribution in [1.29, 1.82) is 0 Å². The van der Waals surface area contributed by atoms with Gasteiger partial charge in [-0.05, 0) is 18.2 Å². The Labute approximate surface area is 98.4 Å². The van der Waals surface area contributed by atoms with Crippen LogP contribution in [0.1, 0.15) is 12.0 Å². The van der Waals surface area contributed by atoms with E-state index in [1.807, 2.05) is 6.07 Å². The van der Waals surface area contributed by atoms with Crippen LogP contribution < -0.4 is 5.48 Å². The van der Waals surface area contributed by atoms with E-state index in [1.54, 1.807) is 18.2 Å². The predicted molar refractivity (Wildman–Crippen MR) is 61.8 cm³/mol. The van der Waals surface area contributed by atoms with Gasteiger partial charge < -0.3 is 5.11 Å². The van der Waals surface area contributed by atoms with Gasteiger partial charge >= 0.3 is 5.97 Å². The van der Waals surface area contributed by atoms with Crippen LogP contribution in [0, 0.1) is 0 Å². The Morgan fingerprint density at radius 2 is 2.38 bits per heavy atom. The zero-order valence-corrected chi connectivity index (χ0v) is 9.49. The number of halogens is 1. The van der Waals surface area contributed by atoms with Crippen LogP contribution in [0.2, 0.25) is 5.02 Å². The molecule has 0 radical (unpaired) electrons. The van der Waals surface area contributed by atoms with Gasteiger partial charge in [0.25, 0.3) is 0 Å². The lowest BCUT2D eigenvalue weighted by molar-refractivity contribution is -0.136. The third-order valence-electron chi connectivity index (χ3n) is 1.83. The molecule has 2 N–H and O–H groups in total. The molecule has 0 aliphatic rings. The Morgan fingerprint density at radius 3 is 2.94 bits per heavy atom. The van der Waals surface area contributed by atoms with Crippen LogP contribution in [0.3, 0.4) is 0 Å². The highest BCUT2D eigenvalue weighted by Crippen LogP contribution is 2.17. The second-order valence-corrected chi connectivity index (χ2v) is 3.47. The lowest BCUT2D eigenvalue weighted by atomic mass is 10.1. The van der Waals surface area contributed by atoms with Crippen LogP contribution in [0.25, 0.3) is 5.70 Å². The van der Waals surface area contributed by atoms with Crippen LogP contribution in [0.15, 0.2) is 30.3 Å². The van der Waals surface area contributed by atoms with Crippen LogP contribution in [-0.2, 0) is 9.63 Å². The molecule has 0 amide bonds. The highest BCUT2D eigenvalue weighted by atomic mass is 35.5. The normalized spacial score (nSPS) is 11.2. The molecule has 16 heavy (non-hydrogen) atoms. The zero-order valence-electron chi connectivity index (χ0n) is 8.74. The Morgan fingerprint density at radius 1 is 1.62 bits per heavy atom. The summed E-state index contributed by atoms with van der Waals surface area (Å²) in [4.78, 5) is 15.2. The number of carboxylic acids is 1. The number of hydrogen-bond donors (Lipinski definition) is 2. The summed E-state index contributed by atoms with van der Waals surface area (Å²) in [6, 6.07) is 7.06. The maximum absolute atomic E-state index is 10.5. The molecule has 4 nitrogen and oxygen atoms in total. The molecule has 1 aromatic rings. The van der Waals surface area contributed by atoms with Gasteiger partial charge in [-0.15, -0.1) is 0 Å². The van der Waals surface area contributed by atoms with Crippen molar-refractivity contribution < 1.29 is 14.7 Å². The number of aliphatic carboxylic acids is 1. The number of nitrogens with one attached hydrogen (secondary N) is 1. The largest absolute Gasteiger partial charge is 0.481 e. The zero-order chi connectivity index (χ0) is 12.0. The Kier molecular flexibility index (Phi) is 4.82. The van der Waals surface area contributed by atoms with Gasteiger partial charge in [-0.1, -0.05) is 23.7 Å². The summed E-state index contributed by atoms with van der Waals surface area (Å²) < 4.78 is 0. The van der Waals surface area contributed by atoms with Crippen molar-refractivity contribution in [3.63, 3.8) is 0 Å². The molecule has 0 aliphatic heterocycles. The molecule has 5 heteroatoms. The van der Waals surface area contributed by atoms with Gasteiger partial charge in [-0.2, -0.15) is 0 Å². The van der Waals surface area contributed by atoms with Crippen LogP contribution in [-0.4, -0.2) is 18.2 Å². The molecule has 0 saturated carbocycles. The van der Waals surface area contributed by atoms with Gasteiger partial charge in [0.1, 0.15) is 0 Å². The Hall–Kier alpha value is -1.52. The Balaban J connectivity index is 2.92. The van der Waals surface area contributed by atoms with E-state index in [-0.39, 0.29) is 6.42 Å². The molecular formula is C11H12ClNO3. The van der Waals surface area contributed by atoms with Gasteiger partial charge in [0.15, 0.2) is 0 Å². The second-order valence-electron chi connectivity index (χ2n) is 3.03. The summed E-state index contributed by atoms with van der Waals surface area (Å²) in [7, 11) is 1.46. The number of benzene rings is 1. The highest BCUT2D eigenvalue weighted by molar-refractivity contribution is 6.30. The second kappa shape index (κ2) is 6.15. The molecule has 1 aromatic carbocycles.